The van der Waals surface area contributed by atoms with E-state index in [-0.39, 0.29) is 23.4 Å². The minimum Gasteiger partial charge on any atom is -0.312 e. The van der Waals surface area contributed by atoms with Crippen LogP contribution in [0.25, 0.3) is 0 Å². The first-order valence-corrected chi connectivity index (χ1v) is 14.3. The van der Waals surface area contributed by atoms with Gasteiger partial charge < -0.3 is 9.80 Å². The molecule has 0 N–H and O–H groups in total. The lowest BCUT2D eigenvalue weighted by Gasteiger charge is -2.25. The van der Waals surface area contributed by atoms with Crippen molar-refractivity contribution >= 4 is 34.8 Å². The van der Waals surface area contributed by atoms with Gasteiger partial charge in [0.2, 0.25) is 11.8 Å². The molecule has 0 saturated heterocycles. The molecule has 0 spiro atoms. The summed E-state index contributed by atoms with van der Waals surface area (Å²) in [5.41, 5.74) is 9.26. The zero-order valence-corrected chi connectivity index (χ0v) is 23.0. The molecule has 2 amide bonds. The smallest absolute Gasteiger partial charge is 0.227 e. The molecule has 6 heterocycles. The van der Waals surface area contributed by atoms with Crippen molar-refractivity contribution in [2.75, 3.05) is 22.9 Å². The molecule has 4 aliphatic rings. The van der Waals surface area contributed by atoms with E-state index < -0.39 is 0 Å². The van der Waals surface area contributed by atoms with Crippen LogP contribution in [0.1, 0.15) is 66.9 Å². The summed E-state index contributed by atoms with van der Waals surface area (Å²) in [5, 5.41) is 0. The predicted molar refractivity (Wildman–Crippen MR) is 157 cm³/mol. The third-order valence-electron chi connectivity index (χ3n) is 8.49. The second-order valence-electron chi connectivity index (χ2n) is 11.0. The Morgan fingerprint density at radius 3 is 1.55 bits per heavy atom. The molecule has 42 heavy (non-hydrogen) atoms. The van der Waals surface area contributed by atoms with Gasteiger partial charge >= 0.3 is 0 Å². The van der Waals surface area contributed by atoms with E-state index in [0.29, 0.717) is 35.1 Å². The quantitative estimate of drug-likeness (QED) is 0.348. The zero-order chi connectivity index (χ0) is 28.8. The number of aryl methyl sites for hydroxylation is 2. The summed E-state index contributed by atoms with van der Waals surface area (Å²) in [4.78, 5) is 60.6. The fourth-order valence-electron chi connectivity index (χ4n) is 6.51. The topological polar surface area (TPSA) is 101 Å². The molecule has 2 aromatic carbocycles. The van der Waals surface area contributed by atoms with E-state index in [9.17, 15) is 19.2 Å². The molecule has 8 rings (SSSR count). The summed E-state index contributed by atoms with van der Waals surface area (Å²) in [6, 6.07) is 14.8. The number of carbonyl (C=O) groups excluding carboxylic acids is 4. The van der Waals surface area contributed by atoms with E-state index in [1.807, 2.05) is 34.1 Å². The fraction of sp³-hybridized carbons (Fsp3) is 0.235. The summed E-state index contributed by atoms with van der Waals surface area (Å²) in [6.45, 7) is 1.49. The standard InChI is InChI=1S/2C17H14N2O2/c20-15-2-1-12-9-14(10-13-5-8-19(15)16(12)13)17(21)11-3-6-18-7-4-11;20-15-4-3-11-8-14(9-12-5-7-19(15)16(11)12)17(21)13-2-1-6-18-10-13/h3-4,6-7,9-10H,1-2,5,8H2;1-2,6,8-10H,3-5,7H2. The molecule has 2 aromatic heterocycles. The van der Waals surface area contributed by atoms with Gasteiger partial charge in [0, 0.05) is 73.0 Å². The van der Waals surface area contributed by atoms with Gasteiger partial charge in [0.05, 0.1) is 11.4 Å². The average molecular weight is 557 g/mol. The van der Waals surface area contributed by atoms with Crippen molar-refractivity contribution in [1.82, 2.24) is 9.97 Å². The molecule has 0 bridgehead atoms. The van der Waals surface area contributed by atoms with Gasteiger partial charge in [-0.2, -0.15) is 0 Å². The van der Waals surface area contributed by atoms with Crippen molar-refractivity contribution in [2.24, 2.45) is 0 Å². The Kier molecular flexibility index (Phi) is 6.46. The summed E-state index contributed by atoms with van der Waals surface area (Å²) in [6.07, 6.45) is 10.7. The Morgan fingerprint density at radius 1 is 0.548 bits per heavy atom. The van der Waals surface area contributed by atoms with Gasteiger partial charge in [-0.25, -0.2) is 0 Å². The highest BCUT2D eigenvalue weighted by Gasteiger charge is 2.33. The molecule has 4 aliphatic heterocycles. The highest BCUT2D eigenvalue weighted by molar-refractivity contribution is 6.11. The number of pyridine rings is 2. The minimum atomic E-state index is -0.00231. The normalized spacial score (nSPS) is 16.0. The molecular formula is C34H28N4O4. The number of carbonyl (C=O) groups is 4. The van der Waals surface area contributed by atoms with Crippen LogP contribution in [0.15, 0.2) is 73.3 Å². The number of rotatable bonds is 4. The second-order valence-corrected chi connectivity index (χ2v) is 11.0. The summed E-state index contributed by atoms with van der Waals surface area (Å²) in [7, 11) is 0. The molecule has 0 fully saturated rings. The Labute approximate surface area is 243 Å². The molecule has 208 valence electrons. The van der Waals surface area contributed by atoms with Crippen LogP contribution in [-0.2, 0) is 35.3 Å². The van der Waals surface area contributed by atoms with Crippen molar-refractivity contribution in [3.63, 3.8) is 0 Å². The molecule has 0 aliphatic carbocycles. The molecule has 0 atom stereocenters. The Balaban J connectivity index is 0.000000137. The monoisotopic (exact) mass is 556 g/mol. The first-order chi connectivity index (χ1) is 20.5. The van der Waals surface area contributed by atoms with E-state index in [1.54, 1.807) is 49.1 Å². The Bertz CT molecular complexity index is 1640. The van der Waals surface area contributed by atoms with Crippen LogP contribution in [0.3, 0.4) is 0 Å². The zero-order valence-electron chi connectivity index (χ0n) is 23.0. The van der Waals surface area contributed by atoms with Gasteiger partial charge in [0.15, 0.2) is 11.6 Å². The van der Waals surface area contributed by atoms with Gasteiger partial charge in [0.1, 0.15) is 0 Å². The molecule has 0 saturated carbocycles. The third kappa shape index (κ3) is 4.49. The van der Waals surface area contributed by atoms with Crippen LogP contribution < -0.4 is 9.80 Å². The number of amides is 2. The van der Waals surface area contributed by atoms with E-state index in [0.717, 1.165) is 72.4 Å². The lowest BCUT2D eigenvalue weighted by molar-refractivity contribution is -0.119. The summed E-state index contributed by atoms with van der Waals surface area (Å²) >= 11 is 0. The van der Waals surface area contributed by atoms with Gasteiger partial charge in [-0.1, -0.05) is 0 Å². The molecule has 8 nitrogen and oxygen atoms in total. The highest BCUT2D eigenvalue weighted by atomic mass is 16.2. The van der Waals surface area contributed by atoms with E-state index in [4.69, 9.17) is 0 Å². The van der Waals surface area contributed by atoms with Crippen LogP contribution in [0.4, 0.5) is 11.4 Å². The summed E-state index contributed by atoms with van der Waals surface area (Å²) in [5.74, 6) is 0.423. The molecule has 4 aromatic rings. The van der Waals surface area contributed by atoms with Crippen LogP contribution in [0, 0.1) is 0 Å². The first kappa shape index (κ1) is 26.0. The molecular weight excluding hydrogens is 528 g/mol. The number of hydrogen-bond acceptors (Lipinski definition) is 6. The van der Waals surface area contributed by atoms with E-state index >= 15 is 0 Å². The molecule has 0 radical (unpaired) electrons. The van der Waals surface area contributed by atoms with Crippen molar-refractivity contribution in [1.29, 1.82) is 0 Å². The molecule has 8 heteroatoms. The van der Waals surface area contributed by atoms with Crippen LogP contribution in [0.5, 0.6) is 0 Å². The maximum absolute atomic E-state index is 12.6. The maximum atomic E-state index is 12.6. The number of ketones is 2. The van der Waals surface area contributed by atoms with Gasteiger partial charge in [-0.05, 0) is 96.5 Å². The van der Waals surface area contributed by atoms with Crippen molar-refractivity contribution < 1.29 is 19.2 Å². The minimum absolute atomic E-state index is 0.00231. The first-order valence-electron chi connectivity index (χ1n) is 14.3. The predicted octanol–water partition coefficient (Wildman–Crippen LogP) is 4.30. The van der Waals surface area contributed by atoms with Crippen molar-refractivity contribution in [3.05, 3.63) is 118 Å². The molecule has 0 unspecified atom stereocenters. The lowest BCUT2D eigenvalue weighted by Crippen LogP contribution is -2.32. The Hall–Kier alpha value is -4.98. The SMILES string of the molecule is O=C(c1cccnc1)c1cc2c3c(c1)CCN3C(=O)CC2.O=C(c1ccncc1)c1cc2c3c(c1)CCN3C(=O)CC2. The van der Waals surface area contributed by atoms with Crippen LogP contribution >= 0.6 is 0 Å². The van der Waals surface area contributed by atoms with Gasteiger partial charge in [0.25, 0.3) is 0 Å². The number of aromatic nitrogens is 2. The third-order valence-corrected chi connectivity index (χ3v) is 8.49. The van der Waals surface area contributed by atoms with Crippen molar-refractivity contribution in [2.45, 2.75) is 38.5 Å². The number of hydrogen-bond donors (Lipinski definition) is 0. The van der Waals surface area contributed by atoms with Crippen LogP contribution in [0.2, 0.25) is 0 Å². The van der Waals surface area contributed by atoms with Gasteiger partial charge in [-0.3, -0.25) is 29.1 Å². The van der Waals surface area contributed by atoms with E-state index in [2.05, 4.69) is 9.97 Å². The van der Waals surface area contributed by atoms with E-state index in [1.165, 1.54) is 0 Å². The number of nitrogens with zero attached hydrogens (tertiary/aromatic N) is 4. The largest absolute Gasteiger partial charge is 0.312 e. The maximum Gasteiger partial charge on any atom is 0.227 e. The van der Waals surface area contributed by atoms with Gasteiger partial charge in [-0.15, -0.1) is 0 Å². The summed E-state index contributed by atoms with van der Waals surface area (Å²) < 4.78 is 0. The van der Waals surface area contributed by atoms with Crippen LogP contribution in [-0.4, -0.2) is 46.4 Å². The number of benzene rings is 2. The number of anilines is 2. The second kappa shape index (κ2) is 10.4. The lowest BCUT2D eigenvalue weighted by atomic mass is 9.93. The Morgan fingerprint density at radius 2 is 1.05 bits per heavy atom. The highest BCUT2D eigenvalue weighted by Crippen LogP contribution is 2.39. The van der Waals surface area contributed by atoms with Crippen molar-refractivity contribution in [3.8, 4) is 0 Å². The average Bonchev–Trinajstić information content (AvgIpc) is 3.68. The fourth-order valence-corrected chi connectivity index (χ4v) is 6.51.